The lowest BCUT2D eigenvalue weighted by Crippen LogP contribution is -2.46. The number of amides is 2. The normalized spacial score (nSPS) is 25.4. The molecular weight excluding hydrogens is 304 g/mol. The highest BCUT2D eigenvalue weighted by Crippen LogP contribution is 2.35. The number of hydrogen-bond donors (Lipinski definition) is 2. The van der Waals surface area contributed by atoms with Gasteiger partial charge in [-0.15, -0.1) is 0 Å². The van der Waals surface area contributed by atoms with Gasteiger partial charge in [-0.25, -0.2) is 13.6 Å². The number of nitrogens with zero attached hydrogens (tertiary/aromatic N) is 1. The van der Waals surface area contributed by atoms with Crippen LogP contribution >= 0.6 is 0 Å². The molecule has 7 heteroatoms. The van der Waals surface area contributed by atoms with Crippen molar-refractivity contribution in [2.75, 3.05) is 39.9 Å². The van der Waals surface area contributed by atoms with Crippen molar-refractivity contribution < 1.29 is 18.3 Å². The Balaban J connectivity index is 1.60. The van der Waals surface area contributed by atoms with Crippen molar-refractivity contribution in [1.29, 1.82) is 0 Å². The Kier molecular flexibility index (Phi) is 7.02. The summed E-state index contributed by atoms with van der Waals surface area (Å²) in [6.07, 6.45) is 3.09. The molecule has 0 aromatic rings. The van der Waals surface area contributed by atoms with E-state index in [1.807, 2.05) is 0 Å². The standard InChI is InChI=1S/C16H29F2N3O2/c1-23-10-9-21-8-2-3-14(21)12-20-15(22)19-11-13-4-6-16(17,18)7-5-13/h13-14H,2-12H2,1H3,(H2,19,20,22). The minimum Gasteiger partial charge on any atom is -0.383 e. The lowest BCUT2D eigenvalue weighted by Gasteiger charge is -2.28. The molecule has 2 amide bonds. The summed E-state index contributed by atoms with van der Waals surface area (Å²) in [5.74, 6) is -2.34. The van der Waals surface area contributed by atoms with Gasteiger partial charge in [0.05, 0.1) is 6.61 Å². The van der Waals surface area contributed by atoms with Crippen molar-refractivity contribution in [3.8, 4) is 0 Å². The number of carbonyl (C=O) groups is 1. The van der Waals surface area contributed by atoms with E-state index in [2.05, 4.69) is 15.5 Å². The van der Waals surface area contributed by atoms with Crippen molar-refractivity contribution in [3.63, 3.8) is 0 Å². The van der Waals surface area contributed by atoms with Gasteiger partial charge in [0.25, 0.3) is 0 Å². The van der Waals surface area contributed by atoms with Crippen LogP contribution in [0.4, 0.5) is 13.6 Å². The van der Waals surface area contributed by atoms with E-state index in [0.29, 0.717) is 38.6 Å². The number of likely N-dealkylation sites (tertiary alicyclic amines) is 1. The first-order valence-corrected chi connectivity index (χ1v) is 8.63. The molecule has 2 N–H and O–H groups in total. The molecule has 1 unspecified atom stereocenters. The molecule has 0 radical (unpaired) electrons. The van der Waals surface area contributed by atoms with Crippen molar-refractivity contribution in [2.24, 2.45) is 5.92 Å². The predicted octanol–water partition coefficient (Wildman–Crippen LogP) is 2.22. The molecule has 1 heterocycles. The quantitative estimate of drug-likeness (QED) is 0.751. The number of nitrogens with one attached hydrogen (secondary N) is 2. The second-order valence-electron chi connectivity index (χ2n) is 6.72. The fourth-order valence-electron chi connectivity index (χ4n) is 3.44. The average Bonchev–Trinajstić information content (AvgIpc) is 2.97. The van der Waals surface area contributed by atoms with Gasteiger partial charge in [0.2, 0.25) is 5.92 Å². The number of hydrogen-bond acceptors (Lipinski definition) is 3. The van der Waals surface area contributed by atoms with Crippen LogP contribution in [0, 0.1) is 5.92 Å². The molecule has 1 aliphatic heterocycles. The summed E-state index contributed by atoms with van der Waals surface area (Å²) >= 11 is 0. The van der Waals surface area contributed by atoms with E-state index in [-0.39, 0.29) is 24.8 Å². The van der Waals surface area contributed by atoms with E-state index in [1.54, 1.807) is 7.11 Å². The summed E-state index contributed by atoms with van der Waals surface area (Å²) < 4.78 is 31.3. The van der Waals surface area contributed by atoms with E-state index in [1.165, 1.54) is 0 Å². The van der Waals surface area contributed by atoms with Gasteiger partial charge in [0, 0.05) is 45.6 Å². The van der Waals surface area contributed by atoms with E-state index in [0.717, 1.165) is 25.9 Å². The van der Waals surface area contributed by atoms with Crippen LogP contribution in [-0.4, -0.2) is 62.8 Å². The molecule has 1 atom stereocenters. The molecule has 0 aromatic carbocycles. The maximum atomic E-state index is 13.1. The Morgan fingerprint density at radius 3 is 2.61 bits per heavy atom. The van der Waals surface area contributed by atoms with E-state index in [4.69, 9.17) is 4.74 Å². The van der Waals surface area contributed by atoms with E-state index >= 15 is 0 Å². The van der Waals surface area contributed by atoms with Crippen LogP contribution in [0.25, 0.3) is 0 Å². The topological polar surface area (TPSA) is 53.6 Å². The summed E-state index contributed by atoms with van der Waals surface area (Å²) in [5, 5.41) is 5.73. The summed E-state index contributed by atoms with van der Waals surface area (Å²) in [4.78, 5) is 14.2. The third kappa shape index (κ3) is 6.22. The number of ether oxygens (including phenoxy) is 1. The Hall–Kier alpha value is -0.950. The second kappa shape index (κ2) is 8.78. The maximum absolute atomic E-state index is 13.1. The third-order valence-electron chi connectivity index (χ3n) is 4.97. The number of rotatable bonds is 7. The Morgan fingerprint density at radius 2 is 1.91 bits per heavy atom. The summed E-state index contributed by atoms with van der Waals surface area (Å²) in [6.45, 7) is 3.75. The van der Waals surface area contributed by atoms with Gasteiger partial charge in [-0.05, 0) is 38.1 Å². The van der Waals surface area contributed by atoms with Gasteiger partial charge in [0.1, 0.15) is 0 Å². The van der Waals surface area contributed by atoms with Crippen LogP contribution in [0.3, 0.4) is 0 Å². The predicted molar refractivity (Wildman–Crippen MR) is 84.8 cm³/mol. The SMILES string of the molecule is COCCN1CCCC1CNC(=O)NCC1CCC(F)(F)CC1. The first-order chi connectivity index (χ1) is 11.0. The lowest BCUT2D eigenvalue weighted by molar-refractivity contribution is -0.0451. The fourth-order valence-corrected chi connectivity index (χ4v) is 3.44. The minimum atomic E-state index is -2.51. The van der Waals surface area contributed by atoms with Gasteiger partial charge >= 0.3 is 6.03 Å². The van der Waals surface area contributed by atoms with Gasteiger partial charge in [-0.2, -0.15) is 0 Å². The van der Waals surface area contributed by atoms with Gasteiger partial charge < -0.3 is 15.4 Å². The first kappa shape index (κ1) is 18.4. The zero-order valence-electron chi connectivity index (χ0n) is 14.0. The molecule has 0 spiro atoms. The molecule has 134 valence electrons. The maximum Gasteiger partial charge on any atom is 0.314 e. The van der Waals surface area contributed by atoms with Crippen molar-refractivity contribution in [1.82, 2.24) is 15.5 Å². The number of carbonyl (C=O) groups excluding carboxylic acids is 1. The van der Waals surface area contributed by atoms with Gasteiger partial charge in [-0.1, -0.05) is 0 Å². The Morgan fingerprint density at radius 1 is 1.22 bits per heavy atom. The summed E-state index contributed by atoms with van der Waals surface area (Å²) in [5.41, 5.74) is 0. The highest BCUT2D eigenvalue weighted by molar-refractivity contribution is 5.73. The van der Waals surface area contributed by atoms with E-state index in [9.17, 15) is 13.6 Å². The number of methoxy groups -OCH3 is 1. The summed E-state index contributed by atoms with van der Waals surface area (Å²) in [6, 6.07) is 0.171. The van der Waals surface area contributed by atoms with Crippen LogP contribution in [-0.2, 0) is 4.74 Å². The smallest absolute Gasteiger partial charge is 0.314 e. The van der Waals surface area contributed by atoms with Crippen LogP contribution in [0.2, 0.25) is 0 Å². The molecule has 23 heavy (non-hydrogen) atoms. The van der Waals surface area contributed by atoms with Crippen LogP contribution in [0.5, 0.6) is 0 Å². The molecule has 1 saturated heterocycles. The average molecular weight is 333 g/mol. The molecule has 1 aliphatic carbocycles. The van der Waals surface area contributed by atoms with Gasteiger partial charge in [-0.3, -0.25) is 4.90 Å². The van der Waals surface area contributed by atoms with Crippen molar-refractivity contribution in [3.05, 3.63) is 0 Å². The number of halogens is 2. The highest BCUT2D eigenvalue weighted by atomic mass is 19.3. The zero-order chi connectivity index (χ0) is 16.7. The van der Waals surface area contributed by atoms with Crippen LogP contribution in [0.1, 0.15) is 38.5 Å². The largest absolute Gasteiger partial charge is 0.383 e. The van der Waals surface area contributed by atoms with Gasteiger partial charge in [0.15, 0.2) is 0 Å². The lowest BCUT2D eigenvalue weighted by atomic mass is 9.87. The zero-order valence-corrected chi connectivity index (χ0v) is 14.0. The molecule has 1 saturated carbocycles. The minimum absolute atomic E-state index is 0.0580. The number of alkyl halides is 2. The monoisotopic (exact) mass is 333 g/mol. The van der Waals surface area contributed by atoms with Crippen LogP contribution < -0.4 is 10.6 Å². The molecule has 0 aromatic heterocycles. The molecular formula is C16H29F2N3O2. The molecule has 2 fully saturated rings. The van der Waals surface area contributed by atoms with E-state index < -0.39 is 5.92 Å². The number of urea groups is 1. The van der Waals surface area contributed by atoms with Crippen LogP contribution in [0.15, 0.2) is 0 Å². The summed E-state index contributed by atoms with van der Waals surface area (Å²) in [7, 11) is 1.69. The fraction of sp³-hybridized carbons (Fsp3) is 0.938. The third-order valence-corrected chi connectivity index (χ3v) is 4.97. The molecule has 2 aliphatic rings. The molecule has 0 bridgehead atoms. The Labute approximate surface area is 137 Å². The second-order valence-corrected chi connectivity index (χ2v) is 6.72. The van der Waals surface area contributed by atoms with Crippen molar-refractivity contribution in [2.45, 2.75) is 50.5 Å². The first-order valence-electron chi connectivity index (χ1n) is 8.63. The highest BCUT2D eigenvalue weighted by Gasteiger charge is 2.34. The molecule has 5 nitrogen and oxygen atoms in total. The van der Waals surface area contributed by atoms with Crippen molar-refractivity contribution >= 4 is 6.03 Å². The molecule has 2 rings (SSSR count). The Bertz CT molecular complexity index is 372.